The van der Waals surface area contributed by atoms with Crippen LogP contribution < -0.4 is 9.64 Å². The van der Waals surface area contributed by atoms with Crippen molar-refractivity contribution in [1.29, 1.82) is 0 Å². The molecule has 0 N–H and O–H groups in total. The van der Waals surface area contributed by atoms with Crippen molar-refractivity contribution < 1.29 is 9.53 Å². The minimum absolute atomic E-state index is 0.0225. The van der Waals surface area contributed by atoms with Gasteiger partial charge in [0.1, 0.15) is 5.75 Å². The van der Waals surface area contributed by atoms with Gasteiger partial charge in [-0.15, -0.1) is 0 Å². The molecular formula is C26H35N3O2S. The van der Waals surface area contributed by atoms with E-state index < -0.39 is 0 Å². The molecule has 32 heavy (non-hydrogen) atoms. The zero-order valence-corrected chi connectivity index (χ0v) is 20.8. The number of carbonyl (C=O) groups excluding carboxylic acids is 1. The number of thiazole rings is 1. The molecule has 0 spiro atoms. The number of hydrogen-bond donors (Lipinski definition) is 0. The molecule has 0 bridgehead atoms. The van der Waals surface area contributed by atoms with Crippen molar-refractivity contribution in [2.75, 3.05) is 37.7 Å². The first kappa shape index (κ1) is 24.2. The molecule has 0 saturated carbocycles. The summed E-state index contributed by atoms with van der Waals surface area (Å²) in [5.74, 6) is 0.779. The third-order valence-electron chi connectivity index (χ3n) is 5.69. The lowest BCUT2D eigenvalue weighted by Gasteiger charge is -2.24. The predicted octanol–water partition coefficient (Wildman–Crippen LogP) is 6.08. The maximum absolute atomic E-state index is 13.6. The highest BCUT2D eigenvalue weighted by Crippen LogP contribution is 2.33. The molecular weight excluding hydrogens is 418 g/mol. The number of fused-ring (bicyclic) bond motifs is 1. The molecule has 1 heterocycles. The van der Waals surface area contributed by atoms with Gasteiger partial charge in [-0.05, 0) is 74.8 Å². The Morgan fingerprint density at radius 1 is 1.03 bits per heavy atom. The summed E-state index contributed by atoms with van der Waals surface area (Å²) in [6.07, 6.45) is 2.12. The van der Waals surface area contributed by atoms with Crippen LogP contribution in [0.3, 0.4) is 0 Å². The molecule has 2 aromatic carbocycles. The lowest BCUT2D eigenvalue weighted by Crippen LogP contribution is -2.38. The van der Waals surface area contributed by atoms with Crippen LogP contribution in [-0.4, -0.2) is 48.6 Å². The number of carbonyl (C=O) groups is 1. The number of amides is 1. The van der Waals surface area contributed by atoms with E-state index >= 15 is 0 Å². The summed E-state index contributed by atoms with van der Waals surface area (Å²) in [5.41, 5.74) is 4.00. The number of likely N-dealkylation sites (N-methyl/N-ethyl adjacent to an activating group) is 1. The lowest BCUT2D eigenvalue weighted by molar-refractivity contribution is 0.0983. The molecule has 0 aliphatic rings. The number of anilines is 1. The maximum Gasteiger partial charge on any atom is 0.260 e. The number of nitrogens with zero attached hydrogens (tertiary/aromatic N) is 3. The third kappa shape index (κ3) is 5.87. The average molecular weight is 454 g/mol. The van der Waals surface area contributed by atoms with Crippen LogP contribution in [0.1, 0.15) is 55.1 Å². The second-order valence-corrected chi connectivity index (χ2v) is 9.11. The minimum atomic E-state index is -0.0225. The standard InChI is InChI=1S/C26H35N3O2S/c1-6-9-16-31-22-12-10-21(11-13-22)25(30)29(15-14-28(7-2)8-3)26-27-23-18-19(4)17-20(5)24(23)32-26/h10-13,17-18H,6-9,14-16H2,1-5H3. The summed E-state index contributed by atoms with van der Waals surface area (Å²) >= 11 is 1.60. The van der Waals surface area contributed by atoms with E-state index in [2.05, 4.69) is 51.7 Å². The molecule has 0 atom stereocenters. The summed E-state index contributed by atoms with van der Waals surface area (Å²) in [6.45, 7) is 14.7. The molecule has 1 aromatic heterocycles. The molecule has 6 heteroatoms. The highest BCUT2D eigenvalue weighted by Gasteiger charge is 2.22. The summed E-state index contributed by atoms with van der Waals surface area (Å²) in [4.78, 5) is 22.6. The molecule has 172 valence electrons. The molecule has 0 fully saturated rings. The van der Waals surface area contributed by atoms with E-state index in [9.17, 15) is 4.79 Å². The minimum Gasteiger partial charge on any atom is -0.494 e. The number of ether oxygens (including phenoxy) is 1. The van der Waals surface area contributed by atoms with Crippen LogP contribution in [0.5, 0.6) is 5.75 Å². The first-order valence-corrected chi connectivity index (χ1v) is 12.4. The van der Waals surface area contributed by atoms with E-state index in [4.69, 9.17) is 9.72 Å². The molecule has 1 amide bonds. The van der Waals surface area contributed by atoms with Gasteiger partial charge in [0.2, 0.25) is 0 Å². The fourth-order valence-corrected chi connectivity index (χ4v) is 4.77. The van der Waals surface area contributed by atoms with Crippen LogP contribution in [0.2, 0.25) is 0 Å². The van der Waals surface area contributed by atoms with Crippen molar-refractivity contribution >= 4 is 32.6 Å². The van der Waals surface area contributed by atoms with Crippen molar-refractivity contribution in [2.24, 2.45) is 0 Å². The third-order valence-corrected chi connectivity index (χ3v) is 6.92. The Labute approximate surface area is 196 Å². The molecule has 0 saturated heterocycles. The van der Waals surface area contributed by atoms with Crippen molar-refractivity contribution in [2.45, 2.75) is 47.5 Å². The molecule has 3 aromatic rings. The number of benzene rings is 2. The van der Waals surface area contributed by atoms with Crippen LogP contribution in [0.25, 0.3) is 10.2 Å². The predicted molar refractivity (Wildman–Crippen MR) is 135 cm³/mol. The van der Waals surface area contributed by atoms with Gasteiger partial charge >= 0.3 is 0 Å². The zero-order chi connectivity index (χ0) is 23.1. The Balaban J connectivity index is 1.88. The summed E-state index contributed by atoms with van der Waals surface area (Å²) < 4.78 is 6.90. The maximum atomic E-state index is 13.6. The van der Waals surface area contributed by atoms with E-state index in [1.165, 1.54) is 11.1 Å². The van der Waals surface area contributed by atoms with Crippen molar-refractivity contribution in [3.63, 3.8) is 0 Å². The van der Waals surface area contributed by atoms with Gasteiger partial charge in [-0.25, -0.2) is 4.98 Å². The lowest BCUT2D eigenvalue weighted by atomic mass is 10.1. The molecule has 0 aliphatic carbocycles. The number of unbranched alkanes of at least 4 members (excludes halogenated alkanes) is 1. The quantitative estimate of drug-likeness (QED) is 0.330. The molecule has 3 rings (SSSR count). The highest BCUT2D eigenvalue weighted by atomic mass is 32.1. The summed E-state index contributed by atoms with van der Waals surface area (Å²) in [5, 5.41) is 0.758. The first-order valence-electron chi connectivity index (χ1n) is 11.6. The van der Waals surface area contributed by atoms with Gasteiger partial charge in [-0.1, -0.05) is 44.6 Å². The van der Waals surface area contributed by atoms with Gasteiger partial charge in [0.15, 0.2) is 5.13 Å². The Kier molecular flexibility index (Phi) is 8.65. The SMILES string of the molecule is CCCCOc1ccc(C(=O)N(CCN(CC)CC)c2nc3cc(C)cc(C)c3s2)cc1. The Morgan fingerprint density at radius 3 is 2.41 bits per heavy atom. The Morgan fingerprint density at radius 2 is 1.75 bits per heavy atom. The van der Waals surface area contributed by atoms with E-state index in [1.807, 2.05) is 29.2 Å². The topological polar surface area (TPSA) is 45.7 Å². The monoisotopic (exact) mass is 453 g/mol. The fourth-order valence-electron chi connectivity index (χ4n) is 3.73. The van der Waals surface area contributed by atoms with Crippen LogP contribution in [0.4, 0.5) is 5.13 Å². The van der Waals surface area contributed by atoms with Crippen LogP contribution in [0, 0.1) is 13.8 Å². The van der Waals surface area contributed by atoms with Gasteiger partial charge in [0.25, 0.3) is 5.91 Å². The smallest absolute Gasteiger partial charge is 0.260 e. The number of rotatable bonds is 11. The molecule has 0 unspecified atom stereocenters. The van der Waals surface area contributed by atoms with Gasteiger partial charge in [-0.2, -0.15) is 0 Å². The first-order chi connectivity index (χ1) is 15.5. The zero-order valence-electron chi connectivity index (χ0n) is 20.0. The number of aryl methyl sites for hydroxylation is 2. The van der Waals surface area contributed by atoms with E-state index in [-0.39, 0.29) is 5.91 Å². The Hall–Kier alpha value is -2.44. The Bertz CT molecular complexity index is 1030. The summed E-state index contributed by atoms with van der Waals surface area (Å²) in [6, 6.07) is 11.8. The van der Waals surface area contributed by atoms with Gasteiger partial charge in [0, 0.05) is 18.7 Å². The van der Waals surface area contributed by atoms with E-state index in [0.29, 0.717) is 18.7 Å². The van der Waals surface area contributed by atoms with Crippen LogP contribution >= 0.6 is 11.3 Å². The summed E-state index contributed by atoms with van der Waals surface area (Å²) in [7, 11) is 0. The second kappa shape index (κ2) is 11.4. The largest absolute Gasteiger partial charge is 0.494 e. The van der Waals surface area contributed by atoms with Crippen molar-refractivity contribution in [1.82, 2.24) is 9.88 Å². The van der Waals surface area contributed by atoms with Gasteiger partial charge in [0.05, 0.1) is 16.8 Å². The average Bonchev–Trinajstić information content (AvgIpc) is 3.21. The van der Waals surface area contributed by atoms with Gasteiger partial charge in [-0.3, -0.25) is 9.69 Å². The molecule has 5 nitrogen and oxygen atoms in total. The normalized spacial score (nSPS) is 11.3. The molecule has 0 radical (unpaired) electrons. The van der Waals surface area contributed by atoms with Crippen LogP contribution in [0.15, 0.2) is 36.4 Å². The van der Waals surface area contributed by atoms with E-state index in [1.54, 1.807) is 11.3 Å². The molecule has 0 aliphatic heterocycles. The number of hydrogen-bond acceptors (Lipinski definition) is 5. The van der Waals surface area contributed by atoms with E-state index in [0.717, 1.165) is 53.6 Å². The van der Waals surface area contributed by atoms with Crippen molar-refractivity contribution in [3.8, 4) is 5.75 Å². The second-order valence-electron chi connectivity index (χ2n) is 8.14. The number of aromatic nitrogens is 1. The van der Waals surface area contributed by atoms with Gasteiger partial charge < -0.3 is 9.64 Å². The highest BCUT2D eigenvalue weighted by molar-refractivity contribution is 7.22. The fraction of sp³-hybridized carbons (Fsp3) is 0.462. The van der Waals surface area contributed by atoms with Crippen LogP contribution in [-0.2, 0) is 0 Å². The van der Waals surface area contributed by atoms with Crippen molar-refractivity contribution in [3.05, 3.63) is 53.1 Å².